The van der Waals surface area contributed by atoms with Crippen LogP contribution in [0.1, 0.15) is 17.2 Å². The predicted molar refractivity (Wildman–Crippen MR) is 83.0 cm³/mol. The van der Waals surface area contributed by atoms with Crippen molar-refractivity contribution < 1.29 is 4.42 Å². The Labute approximate surface area is 119 Å². The molecule has 0 spiro atoms. The van der Waals surface area contributed by atoms with E-state index < -0.39 is 0 Å². The molecule has 1 heterocycles. The summed E-state index contributed by atoms with van der Waals surface area (Å²) in [6, 6.07) is 20.9. The number of likely N-dealkylation sites (N-methyl/N-ethyl adjacent to an activating group) is 1. The number of hydrogen-bond donors (Lipinski definition) is 1. The smallest absolute Gasteiger partial charge is 0.134 e. The van der Waals surface area contributed by atoms with Gasteiger partial charge < -0.3 is 9.73 Å². The molecule has 0 bridgehead atoms. The molecular formula is C18H19NO. The Kier molecular flexibility index (Phi) is 3.84. The molecule has 0 aliphatic rings. The average Bonchev–Trinajstić information content (AvgIpc) is 2.90. The van der Waals surface area contributed by atoms with E-state index in [2.05, 4.69) is 47.8 Å². The third-order valence-electron chi connectivity index (χ3n) is 3.65. The summed E-state index contributed by atoms with van der Waals surface area (Å²) in [6.45, 7) is 0.945. The second-order valence-electron chi connectivity index (χ2n) is 5.12. The van der Waals surface area contributed by atoms with Gasteiger partial charge in [0.15, 0.2) is 0 Å². The minimum atomic E-state index is 0.432. The second kappa shape index (κ2) is 5.93. The molecule has 0 saturated heterocycles. The third-order valence-corrected chi connectivity index (χ3v) is 3.65. The molecule has 2 heteroatoms. The van der Waals surface area contributed by atoms with Crippen molar-refractivity contribution in [2.24, 2.45) is 0 Å². The molecular weight excluding hydrogens is 246 g/mol. The van der Waals surface area contributed by atoms with Gasteiger partial charge in [-0.2, -0.15) is 0 Å². The van der Waals surface area contributed by atoms with Gasteiger partial charge >= 0.3 is 0 Å². The van der Waals surface area contributed by atoms with Crippen LogP contribution in [0.3, 0.4) is 0 Å². The molecule has 20 heavy (non-hydrogen) atoms. The number of benzene rings is 2. The Bertz CT molecular complexity index is 639. The number of nitrogens with one attached hydrogen (secondary N) is 1. The fourth-order valence-electron chi connectivity index (χ4n) is 2.66. The summed E-state index contributed by atoms with van der Waals surface area (Å²) in [6.07, 6.45) is 0.916. The summed E-state index contributed by atoms with van der Waals surface area (Å²) in [4.78, 5) is 0. The standard InChI is InChI=1S/C18H19NO/c1-19-13-16(14-7-3-2-4-8-14)12-17-11-15-9-5-6-10-18(15)20-17/h2-11,16,19H,12-13H2,1H3. The zero-order chi connectivity index (χ0) is 13.8. The number of furan rings is 1. The van der Waals surface area contributed by atoms with Gasteiger partial charge in [-0.25, -0.2) is 0 Å². The second-order valence-corrected chi connectivity index (χ2v) is 5.12. The van der Waals surface area contributed by atoms with Crippen LogP contribution in [0.5, 0.6) is 0 Å². The van der Waals surface area contributed by atoms with E-state index in [1.807, 2.05) is 25.2 Å². The van der Waals surface area contributed by atoms with Crippen LogP contribution in [-0.2, 0) is 6.42 Å². The van der Waals surface area contributed by atoms with Crippen molar-refractivity contribution in [2.45, 2.75) is 12.3 Å². The first-order valence-electron chi connectivity index (χ1n) is 7.04. The summed E-state index contributed by atoms with van der Waals surface area (Å²) < 4.78 is 5.94. The molecule has 1 N–H and O–H groups in total. The van der Waals surface area contributed by atoms with Crippen molar-refractivity contribution in [1.82, 2.24) is 5.32 Å². The van der Waals surface area contributed by atoms with E-state index in [0.29, 0.717) is 5.92 Å². The van der Waals surface area contributed by atoms with Gasteiger partial charge in [0.05, 0.1) is 0 Å². The van der Waals surface area contributed by atoms with E-state index in [4.69, 9.17) is 4.42 Å². The Balaban J connectivity index is 1.86. The lowest BCUT2D eigenvalue weighted by Crippen LogP contribution is -2.18. The minimum Gasteiger partial charge on any atom is -0.461 e. The van der Waals surface area contributed by atoms with Crippen molar-refractivity contribution >= 4 is 11.0 Å². The maximum absolute atomic E-state index is 5.94. The van der Waals surface area contributed by atoms with Crippen LogP contribution in [0.2, 0.25) is 0 Å². The summed E-state index contributed by atoms with van der Waals surface area (Å²) in [5.74, 6) is 1.48. The van der Waals surface area contributed by atoms with Crippen molar-refractivity contribution in [1.29, 1.82) is 0 Å². The van der Waals surface area contributed by atoms with Crippen molar-refractivity contribution in [3.8, 4) is 0 Å². The van der Waals surface area contributed by atoms with Crippen LogP contribution in [0.4, 0.5) is 0 Å². The summed E-state index contributed by atoms with van der Waals surface area (Å²) >= 11 is 0. The summed E-state index contributed by atoms with van der Waals surface area (Å²) in [5.41, 5.74) is 2.32. The molecule has 0 aliphatic carbocycles. The molecule has 0 radical (unpaired) electrons. The van der Waals surface area contributed by atoms with Crippen LogP contribution in [-0.4, -0.2) is 13.6 Å². The van der Waals surface area contributed by atoms with E-state index in [1.54, 1.807) is 0 Å². The highest BCUT2D eigenvalue weighted by Crippen LogP contribution is 2.25. The Morgan fingerprint density at radius 3 is 2.50 bits per heavy atom. The monoisotopic (exact) mass is 265 g/mol. The molecule has 2 aromatic carbocycles. The maximum Gasteiger partial charge on any atom is 0.134 e. The first kappa shape index (κ1) is 12.9. The zero-order valence-corrected chi connectivity index (χ0v) is 11.7. The molecule has 0 aliphatic heterocycles. The minimum absolute atomic E-state index is 0.432. The van der Waals surface area contributed by atoms with Crippen LogP contribution in [0.25, 0.3) is 11.0 Å². The quantitative estimate of drug-likeness (QED) is 0.755. The Morgan fingerprint density at radius 1 is 1.00 bits per heavy atom. The van der Waals surface area contributed by atoms with Gasteiger partial charge in [0, 0.05) is 24.3 Å². The highest BCUT2D eigenvalue weighted by molar-refractivity contribution is 5.77. The van der Waals surface area contributed by atoms with Crippen LogP contribution in [0, 0.1) is 0 Å². The molecule has 102 valence electrons. The first-order valence-corrected chi connectivity index (χ1v) is 7.04. The molecule has 1 unspecified atom stereocenters. The van der Waals surface area contributed by atoms with E-state index in [0.717, 1.165) is 24.3 Å². The molecule has 3 rings (SSSR count). The Morgan fingerprint density at radius 2 is 1.75 bits per heavy atom. The highest BCUT2D eigenvalue weighted by Gasteiger charge is 2.14. The van der Waals surface area contributed by atoms with Gasteiger partial charge in [-0.15, -0.1) is 0 Å². The first-order chi connectivity index (χ1) is 9.86. The number of hydrogen-bond acceptors (Lipinski definition) is 2. The SMILES string of the molecule is CNCC(Cc1cc2ccccc2o1)c1ccccc1. The lowest BCUT2D eigenvalue weighted by molar-refractivity contribution is 0.506. The molecule has 1 atom stereocenters. The number of rotatable bonds is 5. The van der Waals surface area contributed by atoms with E-state index in [1.165, 1.54) is 10.9 Å². The van der Waals surface area contributed by atoms with Crippen molar-refractivity contribution in [3.63, 3.8) is 0 Å². The largest absolute Gasteiger partial charge is 0.461 e. The number of para-hydroxylation sites is 1. The molecule has 0 saturated carbocycles. The van der Waals surface area contributed by atoms with Gasteiger partial charge in [-0.05, 0) is 24.7 Å². The molecule has 1 aromatic heterocycles. The van der Waals surface area contributed by atoms with Gasteiger partial charge in [-0.3, -0.25) is 0 Å². The lowest BCUT2D eigenvalue weighted by Gasteiger charge is -2.15. The van der Waals surface area contributed by atoms with Gasteiger partial charge in [-0.1, -0.05) is 48.5 Å². The van der Waals surface area contributed by atoms with E-state index >= 15 is 0 Å². The fourth-order valence-corrected chi connectivity index (χ4v) is 2.66. The molecule has 3 aromatic rings. The van der Waals surface area contributed by atoms with E-state index in [-0.39, 0.29) is 0 Å². The number of fused-ring (bicyclic) bond motifs is 1. The van der Waals surface area contributed by atoms with E-state index in [9.17, 15) is 0 Å². The van der Waals surface area contributed by atoms with Crippen molar-refractivity contribution in [2.75, 3.05) is 13.6 Å². The van der Waals surface area contributed by atoms with Gasteiger partial charge in [0.2, 0.25) is 0 Å². The normalized spacial score (nSPS) is 12.7. The van der Waals surface area contributed by atoms with Crippen LogP contribution >= 0.6 is 0 Å². The van der Waals surface area contributed by atoms with Gasteiger partial charge in [0.1, 0.15) is 11.3 Å². The van der Waals surface area contributed by atoms with Crippen LogP contribution in [0.15, 0.2) is 65.1 Å². The highest BCUT2D eigenvalue weighted by atomic mass is 16.3. The fraction of sp³-hybridized carbons (Fsp3) is 0.222. The summed E-state index contributed by atoms with van der Waals surface area (Å²) in [7, 11) is 1.99. The van der Waals surface area contributed by atoms with Gasteiger partial charge in [0.25, 0.3) is 0 Å². The molecule has 0 amide bonds. The maximum atomic E-state index is 5.94. The average molecular weight is 265 g/mol. The molecule has 0 fully saturated rings. The summed E-state index contributed by atoms with van der Waals surface area (Å²) in [5, 5.41) is 4.46. The van der Waals surface area contributed by atoms with Crippen molar-refractivity contribution in [3.05, 3.63) is 72.0 Å². The predicted octanol–water partition coefficient (Wildman–Crippen LogP) is 3.98. The van der Waals surface area contributed by atoms with Crippen LogP contribution < -0.4 is 5.32 Å². The Hall–Kier alpha value is -2.06. The topological polar surface area (TPSA) is 25.2 Å². The molecule has 2 nitrogen and oxygen atoms in total. The third kappa shape index (κ3) is 2.75. The zero-order valence-electron chi connectivity index (χ0n) is 11.7. The lowest BCUT2D eigenvalue weighted by atomic mass is 9.94.